The van der Waals surface area contributed by atoms with E-state index in [0.29, 0.717) is 0 Å². The van der Waals surface area contributed by atoms with Gasteiger partial charge in [0.2, 0.25) is 0 Å². The smallest absolute Gasteiger partial charge is 0.245 e. The first-order chi connectivity index (χ1) is 29.6. The Morgan fingerprint density at radius 2 is 0.517 bits per heavy atom. The summed E-state index contributed by atoms with van der Waals surface area (Å²) in [6, 6.07) is 8.47. The lowest BCUT2D eigenvalue weighted by Crippen LogP contribution is -2.39. The Morgan fingerprint density at radius 3 is 0.717 bits per heavy atom. The van der Waals surface area contributed by atoms with Gasteiger partial charge in [0, 0.05) is 118 Å². The van der Waals surface area contributed by atoms with E-state index in [4.69, 9.17) is 29.9 Å². The largest absolute Gasteiger partial charge is 0.311 e. The molecule has 0 spiro atoms. The Labute approximate surface area is 368 Å². The Kier molecular flexibility index (Phi) is 14.3. The standard InChI is InChI=1S/C42H76ClN13P4/c43-41-21-1-2-22-42(41)44-57(45-58(48-23-3-4-24-48,49-25-5-6-26-49)50-27-7-8-28-50,46-59(51-29-9-10-30-51,52-31-11-12-32-52)53-33-13-14-34-53)47-60(54-35-15-16-36-54,55-37-17-18-38-55)56-39-19-20-40-56/h1-2,21-22H,3-20,23-40H2. The molecule has 18 heteroatoms. The molecule has 9 saturated heterocycles. The summed E-state index contributed by atoms with van der Waals surface area (Å²) < 4.78 is 53.5. The zero-order chi connectivity index (χ0) is 40.5. The van der Waals surface area contributed by atoms with E-state index in [1.165, 1.54) is 116 Å². The Morgan fingerprint density at radius 1 is 0.317 bits per heavy atom. The van der Waals surface area contributed by atoms with Gasteiger partial charge in [-0.25, -0.2) is 46.8 Å². The van der Waals surface area contributed by atoms with Gasteiger partial charge in [-0.2, -0.15) is 13.5 Å². The first kappa shape index (κ1) is 43.9. The molecule has 0 aliphatic carbocycles. The minimum Gasteiger partial charge on any atom is -0.245 e. The van der Waals surface area contributed by atoms with Crippen molar-refractivity contribution in [3.8, 4) is 0 Å². The zero-order valence-corrected chi connectivity index (χ0v) is 41.1. The number of nitrogens with zero attached hydrogens (tertiary/aromatic N) is 13. The summed E-state index contributed by atoms with van der Waals surface area (Å²) in [6.45, 7) is 20.1. The first-order valence-electron chi connectivity index (χ1n) is 24.6. The summed E-state index contributed by atoms with van der Waals surface area (Å²) in [4.78, 5) is 0. The van der Waals surface area contributed by atoms with Crippen LogP contribution in [-0.4, -0.2) is 160 Å². The van der Waals surface area contributed by atoms with Gasteiger partial charge in [-0.1, -0.05) is 23.7 Å². The summed E-state index contributed by atoms with van der Waals surface area (Å²) >= 11 is 7.42. The van der Waals surface area contributed by atoms with Crippen LogP contribution in [0.15, 0.2) is 42.6 Å². The van der Waals surface area contributed by atoms with Crippen molar-refractivity contribution in [2.45, 2.75) is 116 Å². The molecule has 0 atom stereocenters. The van der Waals surface area contributed by atoms with Gasteiger partial charge in [0.05, 0.1) is 10.7 Å². The fraction of sp³-hybridized carbons (Fsp3) is 0.857. The Hall–Kier alpha value is 0.0700. The average Bonchev–Trinajstić information content (AvgIpc) is 4.13. The molecule has 1 aromatic rings. The van der Waals surface area contributed by atoms with E-state index in [9.17, 15) is 0 Å². The van der Waals surface area contributed by atoms with E-state index < -0.39 is 30.0 Å². The molecule has 336 valence electrons. The highest BCUT2D eigenvalue weighted by Gasteiger charge is 2.52. The van der Waals surface area contributed by atoms with Crippen LogP contribution in [0.25, 0.3) is 0 Å². The summed E-state index contributed by atoms with van der Waals surface area (Å²) in [7, 11) is -10.9. The number of rotatable bonds is 13. The maximum atomic E-state index is 7.42. The summed E-state index contributed by atoms with van der Waals surface area (Å²) in [5, 5.41) is 0.717. The second kappa shape index (κ2) is 19.5. The number of benzene rings is 1. The van der Waals surface area contributed by atoms with Crippen LogP contribution in [0.4, 0.5) is 5.69 Å². The SMILES string of the molecule is Clc1ccccc1N=P(N=P(N1CCCC1)(N1CCCC1)N1CCCC1)(N=P(N1CCCC1)(N1CCCC1)N1CCCC1)N=P(N1CCCC1)(N1CCCC1)N1CCCC1. The van der Waals surface area contributed by atoms with Gasteiger partial charge in [0.1, 0.15) is 0 Å². The third-order valence-electron chi connectivity index (χ3n) is 15.0. The van der Waals surface area contributed by atoms with Crippen molar-refractivity contribution in [1.29, 1.82) is 0 Å². The summed E-state index contributed by atoms with van der Waals surface area (Å²) in [5.74, 6) is 0. The molecule has 10 rings (SSSR count). The van der Waals surface area contributed by atoms with E-state index in [-0.39, 0.29) is 0 Å². The van der Waals surface area contributed by atoms with Crippen molar-refractivity contribution in [3.63, 3.8) is 0 Å². The molecule has 0 unspecified atom stereocenters. The van der Waals surface area contributed by atoms with Crippen LogP contribution >= 0.6 is 41.6 Å². The van der Waals surface area contributed by atoms with Gasteiger partial charge in [-0.05, 0) is 128 Å². The van der Waals surface area contributed by atoms with Crippen molar-refractivity contribution in [1.82, 2.24) is 42.0 Å². The van der Waals surface area contributed by atoms with Crippen molar-refractivity contribution in [3.05, 3.63) is 29.3 Å². The molecule has 0 aromatic heterocycles. The minimum atomic E-state index is -3.39. The average molecular weight is 923 g/mol. The predicted molar refractivity (Wildman–Crippen MR) is 256 cm³/mol. The fourth-order valence-corrected chi connectivity index (χ4v) is 33.2. The molecule has 60 heavy (non-hydrogen) atoms. The van der Waals surface area contributed by atoms with E-state index in [1.807, 2.05) is 0 Å². The van der Waals surface area contributed by atoms with E-state index in [2.05, 4.69) is 66.3 Å². The molecule has 0 bridgehead atoms. The number of halogens is 1. The first-order valence-corrected chi connectivity index (χ1v) is 31.4. The van der Waals surface area contributed by atoms with Gasteiger partial charge in [0.25, 0.3) is 0 Å². The van der Waals surface area contributed by atoms with Gasteiger partial charge in [0.15, 0.2) is 22.5 Å². The maximum absolute atomic E-state index is 7.42. The van der Waals surface area contributed by atoms with Crippen molar-refractivity contribution in [2.75, 3.05) is 118 Å². The Balaban J connectivity index is 1.41. The van der Waals surface area contributed by atoms with Crippen LogP contribution in [0.3, 0.4) is 0 Å². The monoisotopic (exact) mass is 921 g/mol. The molecule has 0 amide bonds. The molecule has 9 heterocycles. The van der Waals surface area contributed by atoms with Gasteiger partial charge >= 0.3 is 7.51 Å². The number of hydrogen-bond acceptors (Lipinski definition) is 1. The molecule has 0 N–H and O–H groups in total. The second-order valence-corrected chi connectivity index (χ2v) is 31.1. The van der Waals surface area contributed by atoms with E-state index in [1.54, 1.807) is 0 Å². The number of hydrogen-bond donors (Lipinski definition) is 0. The van der Waals surface area contributed by atoms with Gasteiger partial charge in [-0.3, -0.25) is 0 Å². The van der Waals surface area contributed by atoms with Crippen LogP contribution in [0.5, 0.6) is 0 Å². The molecular formula is C42H76ClN13P4. The molecular weight excluding hydrogens is 846 g/mol. The van der Waals surface area contributed by atoms with Gasteiger partial charge in [-0.15, -0.1) is 0 Å². The normalized spacial score (nSPS) is 27.4. The third-order valence-corrected chi connectivity index (χ3v) is 32.0. The summed E-state index contributed by atoms with van der Waals surface area (Å²) in [6.07, 6.45) is 22.5. The highest BCUT2D eigenvalue weighted by atomic mass is 35.5. The quantitative estimate of drug-likeness (QED) is 0.180. The minimum absolute atomic E-state index is 0.717. The fourth-order valence-electron chi connectivity index (χ4n) is 12.1. The lowest BCUT2D eigenvalue weighted by atomic mass is 10.3. The predicted octanol–water partition coefficient (Wildman–Crippen LogP) is 11.6. The van der Waals surface area contributed by atoms with E-state index in [0.717, 1.165) is 129 Å². The van der Waals surface area contributed by atoms with Crippen molar-refractivity contribution < 1.29 is 0 Å². The molecule has 9 aliphatic rings. The maximum Gasteiger partial charge on any atom is 0.311 e. The van der Waals surface area contributed by atoms with Crippen LogP contribution in [0, 0.1) is 0 Å². The third kappa shape index (κ3) is 8.29. The molecule has 0 saturated carbocycles. The highest BCUT2D eigenvalue weighted by molar-refractivity contribution is 7.80. The van der Waals surface area contributed by atoms with Crippen molar-refractivity contribution >= 4 is 47.3 Å². The molecule has 9 aliphatic heterocycles. The Bertz CT molecular complexity index is 1530. The molecule has 9 fully saturated rings. The lowest BCUT2D eigenvalue weighted by molar-refractivity contribution is 0.383. The van der Waals surface area contributed by atoms with Crippen LogP contribution in [-0.2, 0) is 0 Å². The van der Waals surface area contributed by atoms with Crippen LogP contribution in [0.1, 0.15) is 116 Å². The lowest BCUT2D eigenvalue weighted by Gasteiger charge is -2.49. The second-order valence-electron chi connectivity index (χ2n) is 18.9. The topological polar surface area (TPSA) is 78.6 Å². The summed E-state index contributed by atoms with van der Waals surface area (Å²) in [5.41, 5.74) is 0.857. The molecule has 13 nitrogen and oxygen atoms in total. The van der Waals surface area contributed by atoms with Crippen molar-refractivity contribution in [2.24, 2.45) is 18.3 Å². The van der Waals surface area contributed by atoms with Crippen LogP contribution in [0.2, 0.25) is 5.02 Å². The van der Waals surface area contributed by atoms with Gasteiger partial charge < -0.3 is 0 Å². The van der Waals surface area contributed by atoms with E-state index >= 15 is 0 Å². The zero-order valence-electron chi connectivity index (χ0n) is 36.7. The molecule has 1 aromatic carbocycles. The molecule has 0 radical (unpaired) electrons. The van der Waals surface area contributed by atoms with Crippen LogP contribution < -0.4 is 0 Å². The highest BCUT2D eigenvalue weighted by Crippen LogP contribution is 2.82.